The molecule has 2 unspecified atom stereocenters. The molecule has 1 aliphatic rings. The number of halogens is 1. The second kappa shape index (κ2) is 5.19. The molecule has 92 valence electrons. The molecule has 4 heteroatoms. The minimum atomic E-state index is 0.0777. The molecule has 1 saturated heterocycles. The van der Waals surface area contributed by atoms with Gasteiger partial charge in [-0.3, -0.25) is 4.79 Å². The number of carbonyl (C=O) groups is 1. The van der Waals surface area contributed by atoms with Crippen LogP contribution >= 0.6 is 15.9 Å². The fraction of sp³-hybridized carbons (Fsp3) is 0.462. The zero-order valence-corrected chi connectivity index (χ0v) is 11.6. The highest BCUT2D eigenvalue weighted by molar-refractivity contribution is 9.10. The van der Waals surface area contributed by atoms with Gasteiger partial charge >= 0.3 is 0 Å². The molecule has 1 amide bonds. The van der Waals surface area contributed by atoms with Gasteiger partial charge < -0.3 is 9.64 Å². The van der Waals surface area contributed by atoms with E-state index in [1.807, 2.05) is 43.0 Å². The topological polar surface area (TPSA) is 29.5 Å². The Kier molecular flexibility index (Phi) is 3.84. The minimum absolute atomic E-state index is 0.0777. The van der Waals surface area contributed by atoms with Gasteiger partial charge in [-0.2, -0.15) is 0 Å². The Morgan fingerprint density at radius 2 is 2.24 bits per heavy atom. The van der Waals surface area contributed by atoms with Gasteiger partial charge in [0.2, 0.25) is 0 Å². The molecule has 2 rings (SSSR count). The molecule has 2 atom stereocenters. The second-order valence-electron chi connectivity index (χ2n) is 4.33. The third-order valence-electron chi connectivity index (χ3n) is 3.22. The molecule has 3 nitrogen and oxygen atoms in total. The average molecular weight is 298 g/mol. The summed E-state index contributed by atoms with van der Waals surface area (Å²) in [6, 6.07) is 7.62. The van der Waals surface area contributed by atoms with Crippen LogP contribution in [0.3, 0.4) is 0 Å². The van der Waals surface area contributed by atoms with E-state index in [1.165, 1.54) is 0 Å². The van der Waals surface area contributed by atoms with Crippen LogP contribution in [-0.2, 0) is 4.74 Å². The Bertz CT molecular complexity index is 422. The van der Waals surface area contributed by atoms with E-state index in [9.17, 15) is 4.79 Å². The normalized spacial score (nSPS) is 24.8. The van der Waals surface area contributed by atoms with Crippen LogP contribution in [0, 0.1) is 0 Å². The standard InChI is InChI=1S/C13H16BrNO2/c1-9-10(2)17-7-6-15(9)13(16)11-4-3-5-12(14)8-11/h3-5,8-10H,6-7H2,1-2H3. The van der Waals surface area contributed by atoms with Gasteiger partial charge in [-0.15, -0.1) is 0 Å². The number of hydrogen-bond acceptors (Lipinski definition) is 2. The number of benzene rings is 1. The Morgan fingerprint density at radius 3 is 2.94 bits per heavy atom. The first-order valence-corrected chi connectivity index (χ1v) is 6.57. The summed E-state index contributed by atoms with van der Waals surface area (Å²) >= 11 is 3.39. The second-order valence-corrected chi connectivity index (χ2v) is 5.24. The lowest BCUT2D eigenvalue weighted by Crippen LogP contribution is -2.51. The van der Waals surface area contributed by atoms with Gasteiger partial charge in [-0.05, 0) is 32.0 Å². The summed E-state index contributed by atoms with van der Waals surface area (Å²) in [7, 11) is 0. The molecule has 1 heterocycles. The van der Waals surface area contributed by atoms with Crippen LogP contribution in [0.4, 0.5) is 0 Å². The van der Waals surface area contributed by atoms with Crippen molar-refractivity contribution in [1.82, 2.24) is 4.90 Å². The number of nitrogens with zero attached hydrogens (tertiary/aromatic N) is 1. The lowest BCUT2D eigenvalue weighted by Gasteiger charge is -2.37. The van der Waals surface area contributed by atoms with Gasteiger partial charge in [-0.25, -0.2) is 0 Å². The predicted molar refractivity (Wildman–Crippen MR) is 70.1 cm³/mol. The van der Waals surface area contributed by atoms with Gasteiger partial charge in [0.05, 0.1) is 18.8 Å². The summed E-state index contributed by atoms with van der Waals surface area (Å²) in [5.74, 6) is 0.0777. The van der Waals surface area contributed by atoms with E-state index in [0.717, 1.165) is 10.0 Å². The van der Waals surface area contributed by atoms with Crippen LogP contribution in [0.25, 0.3) is 0 Å². The fourth-order valence-electron chi connectivity index (χ4n) is 2.01. The van der Waals surface area contributed by atoms with Crippen molar-refractivity contribution in [3.8, 4) is 0 Å². The van der Waals surface area contributed by atoms with Gasteiger partial charge in [0.15, 0.2) is 0 Å². The first-order valence-electron chi connectivity index (χ1n) is 5.77. The Morgan fingerprint density at radius 1 is 1.47 bits per heavy atom. The van der Waals surface area contributed by atoms with Crippen molar-refractivity contribution >= 4 is 21.8 Å². The molecule has 0 saturated carbocycles. The van der Waals surface area contributed by atoms with E-state index in [0.29, 0.717) is 13.2 Å². The quantitative estimate of drug-likeness (QED) is 0.798. The Hall–Kier alpha value is -0.870. The highest BCUT2D eigenvalue weighted by Gasteiger charge is 2.29. The summed E-state index contributed by atoms with van der Waals surface area (Å²) in [5.41, 5.74) is 0.723. The minimum Gasteiger partial charge on any atom is -0.375 e. The van der Waals surface area contributed by atoms with Crippen LogP contribution in [0.5, 0.6) is 0 Å². The highest BCUT2D eigenvalue weighted by Crippen LogP contribution is 2.19. The molecule has 0 bridgehead atoms. The summed E-state index contributed by atoms with van der Waals surface area (Å²) in [6.07, 6.45) is 0.0971. The molecule has 1 aromatic rings. The Balaban J connectivity index is 2.19. The first-order chi connectivity index (χ1) is 8.09. The van der Waals surface area contributed by atoms with E-state index in [1.54, 1.807) is 0 Å². The van der Waals surface area contributed by atoms with Crippen molar-refractivity contribution in [2.24, 2.45) is 0 Å². The first kappa shape index (κ1) is 12.6. The van der Waals surface area contributed by atoms with Crippen LogP contribution in [0.2, 0.25) is 0 Å². The zero-order chi connectivity index (χ0) is 12.4. The number of morpholine rings is 1. The molecule has 0 spiro atoms. The molecule has 0 N–H and O–H groups in total. The molecule has 0 aromatic heterocycles. The largest absolute Gasteiger partial charge is 0.375 e. The lowest BCUT2D eigenvalue weighted by molar-refractivity contribution is -0.0440. The monoisotopic (exact) mass is 297 g/mol. The Labute approximate surface area is 110 Å². The van der Waals surface area contributed by atoms with E-state index < -0.39 is 0 Å². The third-order valence-corrected chi connectivity index (χ3v) is 3.71. The van der Waals surface area contributed by atoms with E-state index in [4.69, 9.17) is 4.74 Å². The number of rotatable bonds is 1. The summed E-state index contributed by atoms with van der Waals surface area (Å²) in [6.45, 7) is 5.31. The van der Waals surface area contributed by atoms with Crippen molar-refractivity contribution in [3.63, 3.8) is 0 Å². The highest BCUT2D eigenvalue weighted by atomic mass is 79.9. The number of hydrogen-bond donors (Lipinski definition) is 0. The fourth-order valence-corrected chi connectivity index (χ4v) is 2.41. The summed E-state index contributed by atoms with van der Waals surface area (Å²) in [5, 5.41) is 0. The molecule has 1 fully saturated rings. The van der Waals surface area contributed by atoms with Crippen molar-refractivity contribution in [2.75, 3.05) is 13.2 Å². The van der Waals surface area contributed by atoms with Gasteiger partial charge in [0, 0.05) is 16.6 Å². The number of ether oxygens (including phenoxy) is 1. The van der Waals surface area contributed by atoms with Crippen LogP contribution < -0.4 is 0 Å². The number of amides is 1. The maximum Gasteiger partial charge on any atom is 0.254 e. The van der Waals surface area contributed by atoms with Gasteiger partial charge in [0.1, 0.15) is 0 Å². The maximum atomic E-state index is 12.4. The molecule has 1 aromatic carbocycles. The van der Waals surface area contributed by atoms with Gasteiger partial charge in [-0.1, -0.05) is 22.0 Å². The summed E-state index contributed by atoms with van der Waals surface area (Å²) in [4.78, 5) is 14.2. The molecule has 1 aliphatic heterocycles. The van der Waals surface area contributed by atoms with Crippen molar-refractivity contribution in [2.45, 2.75) is 26.0 Å². The zero-order valence-electron chi connectivity index (χ0n) is 10.0. The molecule has 0 radical (unpaired) electrons. The molecule has 17 heavy (non-hydrogen) atoms. The van der Waals surface area contributed by atoms with E-state index in [-0.39, 0.29) is 18.1 Å². The summed E-state index contributed by atoms with van der Waals surface area (Å²) < 4.78 is 6.45. The van der Waals surface area contributed by atoms with Crippen molar-refractivity contribution < 1.29 is 9.53 Å². The SMILES string of the molecule is CC1OCCN(C(=O)c2cccc(Br)c2)C1C. The smallest absolute Gasteiger partial charge is 0.254 e. The van der Waals surface area contributed by atoms with Crippen molar-refractivity contribution in [3.05, 3.63) is 34.3 Å². The van der Waals surface area contributed by atoms with Crippen molar-refractivity contribution in [1.29, 1.82) is 0 Å². The van der Waals surface area contributed by atoms with E-state index in [2.05, 4.69) is 15.9 Å². The van der Waals surface area contributed by atoms with Gasteiger partial charge in [0.25, 0.3) is 5.91 Å². The van der Waals surface area contributed by atoms with Crippen LogP contribution in [0.15, 0.2) is 28.7 Å². The van der Waals surface area contributed by atoms with E-state index >= 15 is 0 Å². The maximum absolute atomic E-state index is 12.4. The molecule has 0 aliphatic carbocycles. The van der Waals surface area contributed by atoms with Crippen LogP contribution in [0.1, 0.15) is 24.2 Å². The molecular formula is C13H16BrNO2. The third kappa shape index (κ3) is 2.69. The predicted octanol–water partition coefficient (Wildman–Crippen LogP) is 2.70. The number of carbonyl (C=O) groups excluding carboxylic acids is 1. The molecular weight excluding hydrogens is 282 g/mol. The van der Waals surface area contributed by atoms with Crippen LogP contribution in [-0.4, -0.2) is 36.1 Å². The average Bonchev–Trinajstić information content (AvgIpc) is 2.32. The lowest BCUT2D eigenvalue weighted by atomic mass is 10.1.